The molecule has 3 nitrogen and oxygen atoms in total. The van der Waals surface area contributed by atoms with Crippen LogP contribution in [-0.4, -0.2) is 12.0 Å². The SMILES string of the molecule is Cc1ccc(O[C@@H](C)C(=O)Nc2ccc(Cl)c(C(F)(F)F)c2)cc1. The Balaban J connectivity index is 2.07. The van der Waals surface area contributed by atoms with Gasteiger partial charge in [-0.25, -0.2) is 0 Å². The lowest BCUT2D eigenvalue weighted by Crippen LogP contribution is -2.30. The van der Waals surface area contributed by atoms with Gasteiger partial charge < -0.3 is 10.1 Å². The molecule has 0 bridgehead atoms. The van der Waals surface area contributed by atoms with Gasteiger partial charge in [0.1, 0.15) is 5.75 Å². The third kappa shape index (κ3) is 4.64. The Hall–Kier alpha value is -2.21. The van der Waals surface area contributed by atoms with Gasteiger partial charge in [0.15, 0.2) is 6.10 Å². The Morgan fingerprint density at radius 2 is 1.79 bits per heavy atom. The molecule has 1 atom stereocenters. The number of nitrogens with one attached hydrogen (secondary N) is 1. The summed E-state index contributed by atoms with van der Waals surface area (Å²) in [6.45, 7) is 3.43. The van der Waals surface area contributed by atoms with E-state index >= 15 is 0 Å². The molecule has 0 heterocycles. The summed E-state index contributed by atoms with van der Waals surface area (Å²) in [7, 11) is 0. The van der Waals surface area contributed by atoms with Gasteiger partial charge in [0.05, 0.1) is 10.6 Å². The molecular weight excluding hydrogens is 343 g/mol. The van der Waals surface area contributed by atoms with Crippen LogP contribution >= 0.6 is 11.6 Å². The molecule has 1 amide bonds. The Labute approximate surface area is 142 Å². The molecule has 1 N–H and O–H groups in total. The zero-order valence-corrected chi connectivity index (χ0v) is 13.7. The molecule has 0 fully saturated rings. The fourth-order valence-electron chi connectivity index (χ4n) is 1.94. The van der Waals surface area contributed by atoms with Gasteiger partial charge in [-0.05, 0) is 44.2 Å². The van der Waals surface area contributed by atoms with Gasteiger partial charge in [-0.1, -0.05) is 29.3 Å². The van der Waals surface area contributed by atoms with Crippen molar-refractivity contribution in [3.05, 3.63) is 58.6 Å². The minimum atomic E-state index is -4.60. The topological polar surface area (TPSA) is 38.3 Å². The quantitative estimate of drug-likeness (QED) is 0.829. The summed E-state index contributed by atoms with van der Waals surface area (Å²) >= 11 is 5.54. The Kier molecular flexibility index (Phi) is 5.39. The fourth-order valence-corrected chi connectivity index (χ4v) is 2.16. The van der Waals surface area contributed by atoms with Gasteiger partial charge in [0.25, 0.3) is 5.91 Å². The number of benzene rings is 2. The monoisotopic (exact) mass is 357 g/mol. The van der Waals surface area contributed by atoms with Gasteiger partial charge in [0, 0.05) is 5.69 Å². The maximum Gasteiger partial charge on any atom is 0.417 e. The second-order valence-corrected chi connectivity index (χ2v) is 5.66. The highest BCUT2D eigenvalue weighted by atomic mass is 35.5. The van der Waals surface area contributed by atoms with Gasteiger partial charge in [-0.2, -0.15) is 13.2 Å². The van der Waals surface area contributed by atoms with Crippen molar-refractivity contribution in [3.8, 4) is 5.75 Å². The van der Waals surface area contributed by atoms with Crippen molar-refractivity contribution in [2.45, 2.75) is 26.1 Å². The zero-order valence-electron chi connectivity index (χ0n) is 12.9. The average Bonchev–Trinajstić information content (AvgIpc) is 2.50. The zero-order chi connectivity index (χ0) is 17.9. The molecule has 2 rings (SSSR count). The van der Waals surface area contributed by atoms with E-state index in [-0.39, 0.29) is 5.69 Å². The van der Waals surface area contributed by atoms with Gasteiger partial charge in [0.2, 0.25) is 0 Å². The van der Waals surface area contributed by atoms with E-state index in [1.807, 2.05) is 19.1 Å². The number of aryl methyl sites for hydroxylation is 1. The van der Waals surface area contributed by atoms with Crippen LogP contribution < -0.4 is 10.1 Å². The van der Waals surface area contributed by atoms with Crippen LogP contribution in [0.3, 0.4) is 0 Å². The van der Waals surface area contributed by atoms with E-state index in [9.17, 15) is 18.0 Å². The van der Waals surface area contributed by atoms with Crippen molar-refractivity contribution in [2.24, 2.45) is 0 Å². The summed E-state index contributed by atoms with van der Waals surface area (Å²) in [5.41, 5.74) is 0.0328. The number of hydrogen-bond donors (Lipinski definition) is 1. The lowest BCUT2D eigenvalue weighted by atomic mass is 10.2. The van der Waals surface area contributed by atoms with Crippen LogP contribution in [0.2, 0.25) is 5.02 Å². The molecule has 7 heteroatoms. The van der Waals surface area contributed by atoms with Crippen LogP contribution in [0, 0.1) is 6.92 Å². The average molecular weight is 358 g/mol. The minimum Gasteiger partial charge on any atom is -0.481 e. The first-order valence-corrected chi connectivity index (χ1v) is 7.45. The molecule has 24 heavy (non-hydrogen) atoms. The number of anilines is 1. The number of hydrogen-bond acceptors (Lipinski definition) is 2. The normalized spacial score (nSPS) is 12.6. The van der Waals surface area contributed by atoms with E-state index in [1.165, 1.54) is 13.0 Å². The summed E-state index contributed by atoms with van der Waals surface area (Å²) in [5.74, 6) is -0.0682. The smallest absolute Gasteiger partial charge is 0.417 e. The van der Waals surface area contributed by atoms with Crippen LogP contribution in [0.1, 0.15) is 18.1 Å². The first-order chi connectivity index (χ1) is 11.2. The first-order valence-electron chi connectivity index (χ1n) is 7.08. The summed E-state index contributed by atoms with van der Waals surface area (Å²) < 4.78 is 43.9. The number of halogens is 4. The molecule has 0 aliphatic heterocycles. The number of rotatable bonds is 4. The largest absolute Gasteiger partial charge is 0.481 e. The molecule has 0 aromatic heterocycles. The van der Waals surface area contributed by atoms with Crippen LogP contribution in [0.15, 0.2) is 42.5 Å². The molecule has 0 saturated carbocycles. The Morgan fingerprint density at radius 1 is 1.17 bits per heavy atom. The van der Waals surface area contributed by atoms with Gasteiger partial charge >= 0.3 is 6.18 Å². The van der Waals surface area contributed by atoms with E-state index in [0.29, 0.717) is 5.75 Å². The molecule has 2 aromatic carbocycles. The van der Waals surface area contributed by atoms with E-state index < -0.39 is 28.8 Å². The Bertz CT molecular complexity index is 730. The summed E-state index contributed by atoms with van der Waals surface area (Å²) in [6, 6.07) is 10.3. The van der Waals surface area contributed by atoms with Crippen molar-refractivity contribution in [1.29, 1.82) is 0 Å². The standard InChI is InChI=1S/C17H15ClF3NO2/c1-10-3-6-13(7-4-10)24-11(2)16(23)22-12-5-8-15(18)14(9-12)17(19,20)21/h3-9,11H,1-2H3,(H,22,23)/t11-/m0/s1. The predicted molar refractivity (Wildman–Crippen MR) is 86.4 cm³/mol. The maximum atomic E-state index is 12.8. The van der Waals surface area contributed by atoms with Crippen LogP contribution in [-0.2, 0) is 11.0 Å². The fraction of sp³-hybridized carbons (Fsp3) is 0.235. The number of carbonyl (C=O) groups excluding carboxylic acids is 1. The number of carbonyl (C=O) groups is 1. The highest BCUT2D eigenvalue weighted by molar-refractivity contribution is 6.31. The predicted octanol–water partition coefficient (Wildman–Crippen LogP) is 5.07. The third-order valence-electron chi connectivity index (χ3n) is 3.24. The molecular formula is C17H15ClF3NO2. The number of ether oxygens (including phenoxy) is 1. The molecule has 0 aliphatic rings. The van der Waals surface area contributed by atoms with Crippen LogP contribution in [0.5, 0.6) is 5.75 Å². The van der Waals surface area contributed by atoms with Crippen LogP contribution in [0.25, 0.3) is 0 Å². The van der Waals surface area contributed by atoms with Crippen molar-refractivity contribution in [2.75, 3.05) is 5.32 Å². The molecule has 0 unspecified atom stereocenters. The van der Waals surface area contributed by atoms with Crippen molar-refractivity contribution in [1.82, 2.24) is 0 Å². The minimum absolute atomic E-state index is 0.00363. The first kappa shape index (κ1) is 18.1. The highest BCUT2D eigenvalue weighted by Gasteiger charge is 2.33. The summed E-state index contributed by atoms with van der Waals surface area (Å²) in [6.07, 6.45) is -5.47. The van der Waals surface area contributed by atoms with Crippen molar-refractivity contribution >= 4 is 23.2 Å². The van der Waals surface area contributed by atoms with Crippen molar-refractivity contribution < 1.29 is 22.7 Å². The third-order valence-corrected chi connectivity index (χ3v) is 3.57. The summed E-state index contributed by atoms with van der Waals surface area (Å²) in [4.78, 5) is 12.1. The number of amides is 1. The van der Waals surface area contributed by atoms with Gasteiger partial charge in [-0.3, -0.25) is 4.79 Å². The van der Waals surface area contributed by atoms with Crippen LogP contribution in [0.4, 0.5) is 18.9 Å². The van der Waals surface area contributed by atoms with E-state index in [0.717, 1.165) is 17.7 Å². The van der Waals surface area contributed by atoms with Gasteiger partial charge in [-0.15, -0.1) is 0 Å². The summed E-state index contributed by atoms with van der Waals surface area (Å²) in [5, 5.41) is 1.96. The second-order valence-electron chi connectivity index (χ2n) is 5.25. The van der Waals surface area contributed by atoms with E-state index in [1.54, 1.807) is 12.1 Å². The lowest BCUT2D eigenvalue weighted by molar-refractivity contribution is -0.137. The van der Waals surface area contributed by atoms with Crippen molar-refractivity contribution in [3.63, 3.8) is 0 Å². The molecule has 0 spiro atoms. The second kappa shape index (κ2) is 7.13. The molecule has 128 valence electrons. The molecule has 2 aromatic rings. The molecule has 0 radical (unpaired) electrons. The highest BCUT2D eigenvalue weighted by Crippen LogP contribution is 2.36. The Morgan fingerprint density at radius 3 is 2.38 bits per heavy atom. The molecule has 0 saturated heterocycles. The maximum absolute atomic E-state index is 12.8. The number of alkyl halides is 3. The lowest BCUT2D eigenvalue weighted by Gasteiger charge is -2.16. The van der Waals surface area contributed by atoms with E-state index in [2.05, 4.69) is 5.32 Å². The van der Waals surface area contributed by atoms with E-state index in [4.69, 9.17) is 16.3 Å². The molecule has 0 aliphatic carbocycles.